The second-order valence-corrected chi connectivity index (χ2v) is 4.61. The van der Waals surface area contributed by atoms with Crippen LogP contribution in [0, 0.1) is 11.3 Å². The van der Waals surface area contributed by atoms with Crippen LogP contribution in [0.5, 0.6) is 0 Å². The van der Waals surface area contributed by atoms with E-state index in [9.17, 15) is 0 Å². The van der Waals surface area contributed by atoms with Gasteiger partial charge in [-0.15, -0.1) is 0 Å². The molecule has 0 bridgehead atoms. The molecule has 1 aliphatic heterocycles. The maximum Gasteiger partial charge on any atom is 0.0468 e. The van der Waals surface area contributed by atoms with Crippen molar-refractivity contribution in [3.05, 3.63) is 0 Å². The Morgan fingerprint density at radius 2 is 1.82 bits per heavy atom. The summed E-state index contributed by atoms with van der Waals surface area (Å²) in [6, 6.07) is 0. The average Bonchev–Trinajstić information content (AvgIpc) is 2.10. The topological polar surface area (TPSA) is 9.23 Å². The minimum atomic E-state index is 0.480. The van der Waals surface area contributed by atoms with Gasteiger partial charge in [0.25, 0.3) is 0 Å². The highest BCUT2D eigenvalue weighted by atomic mass is 16.5. The smallest absolute Gasteiger partial charge is 0.0468 e. The van der Waals surface area contributed by atoms with Gasteiger partial charge in [-0.25, -0.2) is 0 Å². The van der Waals surface area contributed by atoms with E-state index in [2.05, 4.69) is 20.8 Å². The van der Waals surface area contributed by atoms with Gasteiger partial charge in [-0.2, -0.15) is 0 Å². The Labute approximate surface area is 70.1 Å². The fraction of sp³-hybridized carbons (Fsp3) is 1.00. The zero-order chi connectivity index (χ0) is 8.32. The fourth-order valence-corrected chi connectivity index (χ4v) is 1.77. The third kappa shape index (κ3) is 2.82. The number of rotatable bonds is 0. The van der Waals surface area contributed by atoms with Crippen molar-refractivity contribution in [3.8, 4) is 0 Å². The summed E-state index contributed by atoms with van der Waals surface area (Å²) < 4.78 is 5.42. The van der Waals surface area contributed by atoms with Gasteiger partial charge in [-0.1, -0.05) is 20.8 Å². The van der Waals surface area contributed by atoms with Gasteiger partial charge in [0.05, 0.1) is 0 Å². The van der Waals surface area contributed by atoms with Crippen molar-refractivity contribution in [2.45, 2.75) is 40.0 Å². The molecule has 0 N–H and O–H groups in total. The van der Waals surface area contributed by atoms with Crippen LogP contribution in [0.1, 0.15) is 40.0 Å². The van der Waals surface area contributed by atoms with Crippen LogP contribution in [0.15, 0.2) is 0 Å². The van der Waals surface area contributed by atoms with E-state index in [0.717, 1.165) is 19.1 Å². The van der Waals surface area contributed by atoms with Gasteiger partial charge in [-0.3, -0.25) is 0 Å². The first-order valence-electron chi connectivity index (χ1n) is 4.68. The van der Waals surface area contributed by atoms with Crippen molar-refractivity contribution in [2.24, 2.45) is 11.3 Å². The molecule has 0 aliphatic carbocycles. The number of ether oxygens (including phenoxy) is 1. The minimum Gasteiger partial charge on any atom is -0.381 e. The lowest BCUT2D eigenvalue weighted by Crippen LogP contribution is -2.20. The molecule has 1 heterocycles. The molecular weight excluding hydrogens is 136 g/mol. The van der Waals surface area contributed by atoms with E-state index in [1.165, 1.54) is 19.3 Å². The highest BCUT2D eigenvalue weighted by molar-refractivity contribution is 4.75. The van der Waals surface area contributed by atoms with Crippen LogP contribution in [0.25, 0.3) is 0 Å². The molecular formula is C10H20O. The standard InChI is InChI=1S/C10H20O/c1-10(2,3)9-5-4-7-11-8-6-9/h9H,4-8H2,1-3H3. The van der Waals surface area contributed by atoms with Crippen LogP contribution in [0.4, 0.5) is 0 Å². The summed E-state index contributed by atoms with van der Waals surface area (Å²) in [7, 11) is 0. The average molecular weight is 156 g/mol. The lowest BCUT2D eigenvalue weighted by Gasteiger charge is -2.29. The highest BCUT2D eigenvalue weighted by Crippen LogP contribution is 2.33. The molecule has 1 aliphatic rings. The van der Waals surface area contributed by atoms with Crippen LogP contribution >= 0.6 is 0 Å². The molecule has 1 unspecified atom stereocenters. The summed E-state index contributed by atoms with van der Waals surface area (Å²) in [5.74, 6) is 0.866. The molecule has 0 radical (unpaired) electrons. The van der Waals surface area contributed by atoms with Gasteiger partial charge in [0, 0.05) is 13.2 Å². The predicted octanol–water partition coefficient (Wildman–Crippen LogP) is 2.85. The molecule has 1 nitrogen and oxygen atoms in total. The lowest BCUT2D eigenvalue weighted by atomic mass is 9.77. The Bertz CT molecular complexity index is 105. The summed E-state index contributed by atoms with van der Waals surface area (Å²) in [4.78, 5) is 0. The Kier molecular flexibility index (Phi) is 2.94. The molecule has 1 heteroatoms. The Balaban J connectivity index is 2.43. The summed E-state index contributed by atoms with van der Waals surface area (Å²) in [5.41, 5.74) is 0.480. The molecule has 1 atom stereocenters. The van der Waals surface area contributed by atoms with E-state index < -0.39 is 0 Å². The highest BCUT2D eigenvalue weighted by Gasteiger charge is 2.24. The van der Waals surface area contributed by atoms with Crippen LogP contribution in [-0.2, 0) is 4.74 Å². The predicted molar refractivity (Wildman–Crippen MR) is 47.6 cm³/mol. The second-order valence-electron chi connectivity index (χ2n) is 4.61. The third-order valence-electron chi connectivity index (χ3n) is 2.68. The van der Waals surface area contributed by atoms with Crippen LogP contribution in [-0.4, -0.2) is 13.2 Å². The summed E-state index contributed by atoms with van der Waals surface area (Å²) in [6.07, 6.45) is 3.86. The van der Waals surface area contributed by atoms with Crippen LogP contribution in [0.2, 0.25) is 0 Å². The molecule has 0 saturated carbocycles. The summed E-state index contributed by atoms with van der Waals surface area (Å²) >= 11 is 0. The Morgan fingerprint density at radius 1 is 1.09 bits per heavy atom. The van der Waals surface area contributed by atoms with Crippen molar-refractivity contribution in [1.82, 2.24) is 0 Å². The van der Waals surface area contributed by atoms with Crippen molar-refractivity contribution in [1.29, 1.82) is 0 Å². The monoisotopic (exact) mass is 156 g/mol. The normalized spacial score (nSPS) is 28.1. The van der Waals surface area contributed by atoms with Crippen LogP contribution < -0.4 is 0 Å². The largest absolute Gasteiger partial charge is 0.381 e. The van der Waals surface area contributed by atoms with Crippen LogP contribution in [0.3, 0.4) is 0 Å². The van der Waals surface area contributed by atoms with Crippen molar-refractivity contribution < 1.29 is 4.74 Å². The molecule has 0 aromatic carbocycles. The van der Waals surface area contributed by atoms with Gasteiger partial charge in [0.2, 0.25) is 0 Å². The lowest BCUT2D eigenvalue weighted by molar-refractivity contribution is 0.131. The molecule has 1 fully saturated rings. The first-order valence-corrected chi connectivity index (χ1v) is 4.68. The Morgan fingerprint density at radius 3 is 2.45 bits per heavy atom. The maximum atomic E-state index is 5.42. The molecule has 0 aromatic rings. The number of hydrogen-bond donors (Lipinski definition) is 0. The molecule has 11 heavy (non-hydrogen) atoms. The van der Waals surface area contributed by atoms with Gasteiger partial charge in [0.1, 0.15) is 0 Å². The summed E-state index contributed by atoms with van der Waals surface area (Å²) in [6.45, 7) is 8.96. The zero-order valence-corrected chi connectivity index (χ0v) is 8.02. The van der Waals surface area contributed by atoms with E-state index in [1.54, 1.807) is 0 Å². The molecule has 1 saturated heterocycles. The minimum absolute atomic E-state index is 0.480. The molecule has 0 amide bonds. The SMILES string of the molecule is CC(C)(C)C1CCCOCC1. The first-order chi connectivity index (χ1) is 5.11. The van der Waals surface area contributed by atoms with Crippen molar-refractivity contribution in [3.63, 3.8) is 0 Å². The number of hydrogen-bond acceptors (Lipinski definition) is 1. The fourth-order valence-electron chi connectivity index (χ4n) is 1.77. The van der Waals surface area contributed by atoms with Crippen molar-refractivity contribution in [2.75, 3.05) is 13.2 Å². The molecule has 0 aromatic heterocycles. The molecule has 0 spiro atoms. The zero-order valence-electron chi connectivity index (χ0n) is 8.02. The quantitative estimate of drug-likeness (QED) is 0.524. The van der Waals surface area contributed by atoms with E-state index in [4.69, 9.17) is 4.74 Å². The summed E-state index contributed by atoms with van der Waals surface area (Å²) in [5, 5.41) is 0. The second kappa shape index (κ2) is 3.57. The van der Waals surface area contributed by atoms with Gasteiger partial charge in [-0.05, 0) is 30.6 Å². The maximum absolute atomic E-state index is 5.42. The van der Waals surface area contributed by atoms with E-state index in [-0.39, 0.29) is 0 Å². The molecule has 66 valence electrons. The van der Waals surface area contributed by atoms with Crippen molar-refractivity contribution >= 4 is 0 Å². The van der Waals surface area contributed by atoms with E-state index in [1.807, 2.05) is 0 Å². The first kappa shape index (κ1) is 9.05. The van der Waals surface area contributed by atoms with E-state index in [0.29, 0.717) is 5.41 Å². The van der Waals surface area contributed by atoms with Gasteiger partial charge < -0.3 is 4.74 Å². The van der Waals surface area contributed by atoms with Gasteiger partial charge in [0.15, 0.2) is 0 Å². The van der Waals surface area contributed by atoms with E-state index >= 15 is 0 Å². The molecule has 1 rings (SSSR count). The third-order valence-corrected chi connectivity index (χ3v) is 2.68. The Hall–Kier alpha value is -0.0400. The van der Waals surface area contributed by atoms with Gasteiger partial charge >= 0.3 is 0 Å².